The SMILES string of the molecule is N#Cc1c(Br)cccc1Nc1cccc(C(N)=O)c1. The van der Waals surface area contributed by atoms with E-state index in [-0.39, 0.29) is 0 Å². The van der Waals surface area contributed by atoms with E-state index in [9.17, 15) is 4.79 Å². The molecule has 1 amide bonds. The van der Waals surface area contributed by atoms with Crippen molar-refractivity contribution in [3.63, 3.8) is 0 Å². The van der Waals surface area contributed by atoms with Crippen molar-refractivity contribution in [1.82, 2.24) is 0 Å². The van der Waals surface area contributed by atoms with Crippen LogP contribution in [0.4, 0.5) is 11.4 Å². The van der Waals surface area contributed by atoms with E-state index >= 15 is 0 Å². The minimum absolute atomic E-state index is 0.415. The van der Waals surface area contributed by atoms with Gasteiger partial charge in [0.05, 0.1) is 11.3 Å². The van der Waals surface area contributed by atoms with Crippen LogP contribution in [0.25, 0.3) is 0 Å². The molecule has 0 saturated carbocycles. The third-order valence-corrected chi connectivity index (χ3v) is 3.21. The number of halogens is 1. The van der Waals surface area contributed by atoms with Gasteiger partial charge in [-0.15, -0.1) is 0 Å². The number of anilines is 2. The summed E-state index contributed by atoms with van der Waals surface area (Å²) in [5.41, 5.74) is 7.52. The first-order valence-corrected chi connectivity index (χ1v) is 6.26. The number of carbonyl (C=O) groups is 1. The van der Waals surface area contributed by atoms with E-state index in [1.165, 1.54) is 0 Å². The molecule has 0 aliphatic rings. The lowest BCUT2D eigenvalue weighted by Gasteiger charge is -2.09. The van der Waals surface area contributed by atoms with Crippen molar-refractivity contribution in [1.29, 1.82) is 5.26 Å². The van der Waals surface area contributed by atoms with Gasteiger partial charge < -0.3 is 11.1 Å². The third-order valence-electron chi connectivity index (χ3n) is 2.55. The number of nitrogens with zero attached hydrogens (tertiary/aromatic N) is 1. The highest BCUT2D eigenvalue weighted by Crippen LogP contribution is 2.26. The first-order chi connectivity index (χ1) is 9.11. The van der Waals surface area contributed by atoms with E-state index in [0.29, 0.717) is 27.0 Å². The standard InChI is InChI=1S/C14H10BrN3O/c15-12-5-2-6-13(11(12)8-16)18-10-4-1-3-9(7-10)14(17)19/h1-7,18H,(H2,17,19). The van der Waals surface area contributed by atoms with Crippen molar-refractivity contribution >= 4 is 33.2 Å². The molecule has 0 aromatic heterocycles. The highest BCUT2D eigenvalue weighted by Gasteiger charge is 2.07. The van der Waals surface area contributed by atoms with Gasteiger partial charge in [0.1, 0.15) is 6.07 Å². The van der Waals surface area contributed by atoms with Crippen molar-refractivity contribution in [3.8, 4) is 6.07 Å². The predicted molar refractivity (Wildman–Crippen MR) is 77.1 cm³/mol. The fourth-order valence-corrected chi connectivity index (χ4v) is 2.10. The molecule has 0 fully saturated rings. The highest BCUT2D eigenvalue weighted by molar-refractivity contribution is 9.10. The Morgan fingerprint density at radius 1 is 1.26 bits per heavy atom. The predicted octanol–water partition coefficient (Wildman–Crippen LogP) is 3.16. The molecule has 0 atom stereocenters. The number of carbonyl (C=O) groups excluding carboxylic acids is 1. The summed E-state index contributed by atoms with van der Waals surface area (Å²) in [6, 6.07) is 14.3. The molecule has 0 aliphatic heterocycles. The van der Waals surface area contributed by atoms with E-state index in [1.54, 1.807) is 36.4 Å². The van der Waals surface area contributed by atoms with Crippen molar-refractivity contribution in [3.05, 3.63) is 58.1 Å². The Bertz CT molecular complexity index is 677. The Morgan fingerprint density at radius 3 is 2.68 bits per heavy atom. The van der Waals surface area contributed by atoms with Crippen LogP contribution in [0.5, 0.6) is 0 Å². The molecule has 5 heteroatoms. The molecule has 19 heavy (non-hydrogen) atoms. The van der Waals surface area contributed by atoms with Crippen molar-refractivity contribution in [2.75, 3.05) is 5.32 Å². The van der Waals surface area contributed by atoms with Gasteiger partial charge in [0.15, 0.2) is 0 Å². The second-order valence-corrected chi connectivity index (χ2v) is 4.70. The number of nitrogens with one attached hydrogen (secondary N) is 1. The minimum Gasteiger partial charge on any atom is -0.366 e. The van der Waals surface area contributed by atoms with Gasteiger partial charge in [-0.2, -0.15) is 5.26 Å². The van der Waals surface area contributed by atoms with Gasteiger partial charge in [-0.25, -0.2) is 0 Å². The second kappa shape index (κ2) is 5.55. The van der Waals surface area contributed by atoms with Gasteiger partial charge in [0.25, 0.3) is 0 Å². The Morgan fingerprint density at radius 2 is 2.00 bits per heavy atom. The number of hydrogen-bond donors (Lipinski definition) is 2. The topological polar surface area (TPSA) is 78.9 Å². The van der Waals surface area contributed by atoms with E-state index in [4.69, 9.17) is 11.0 Å². The van der Waals surface area contributed by atoms with Crippen LogP contribution in [0.1, 0.15) is 15.9 Å². The summed E-state index contributed by atoms with van der Waals surface area (Å²) < 4.78 is 0.714. The van der Waals surface area contributed by atoms with Crippen LogP contribution in [0, 0.1) is 11.3 Å². The molecule has 0 heterocycles. The van der Waals surface area contributed by atoms with Crippen LogP contribution < -0.4 is 11.1 Å². The molecule has 94 valence electrons. The van der Waals surface area contributed by atoms with Crippen LogP contribution in [-0.2, 0) is 0 Å². The van der Waals surface area contributed by atoms with Crippen LogP contribution in [-0.4, -0.2) is 5.91 Å². The fraction of sp³-hybridized carbons (Fsp3) is 0. The monoisotopic (exact) mass is 315 g/mol. The van der Waals surface area contributed by atoms with Gasteiger partial charge in [0, 0.05) is 15.7 Å². The summed E-state index contributed by atoms with van der Waals surface area (Å²) in [6.07, 6.45) is 0. The Balaban J connectivity index is 2.37. The first kappa shape index (κ1) is 13.1. The number of amides is 1. The average Bonchev–Trinajstić information content (AvgIpc) is 2.39. The quantitative estimate of drug-likeness (QED) is 0.913. The van der Waals surface area contributed by atoms with E-state index < -0.39 is 5.91 Å². The molecule has 0 spiro atoms. The van der Waals surface area contributed by atoms with Crippen LogP contribution in [0.2, 0.25) is 0 Å². The summed E-state index contributed by atoms with van der Waals surface area (Å²) >= 11 is 3.32. The third kappa shape index (κ3) is 2.92. The van der Waals surface area contributed by atoms with Gasteiger partial charge in [-0.3, -0.25) is 4.79 Å². The van der Waals surface area contributed by atoms with Crippen molar-refractivity contribution in [2.24, 2.45) is 5.73 Å². The highest BCUT2D eigenvalue weighted by atomic mass is 79.9. The number of nitrogens with two attached hydrogens (primary N) is 1. The number of nitriles is 1. The maximum absolute atomic E-state index is 11.1. The van der Waals surface area contributed by atoms with Gasteiger partial charge in [-0.1, -0.05) is 12.1 Å². The molecule has 2 rings (SSSR count). The molecule has 0 radical (unpaired) electrons. The maximum atomic E-state index is 11.1. The van der Waals surface area contributed by atoms with E-state index in [0.717, 1.165) is 0 Å². The lowest BCUT2D eigenvalue weighted by Crippen LogP contribution is -2.10. The number of rotatable bonds is 3. The fourth-order valence-electron chi connectivity index (χ4n) is 1.65. The van der Waals surface area contributed by atoms with Gasteiger partial charge in [-0.05, 0) is 46.3 Å². The number of hydrogen-bond acceptors (Lipinski definition) is 3. The molecule has 0 bridgehead atoms. The van der Waals surface area contributed by atoms with Crippen molar-refractivity contribution < 1.29 is 4.79 Å². The molecule has 4 nitrogen and oxygen atoms in total. The minimum atomic E-state index is -0.488. The van der Waals surface area contributed by atoms with Crippen molar-refractivity contribution in [2.45, 2.75) is 0 Å². The number of benzene rings is 2. The molecule has 3 N–H and O–H groups in total. The zero-order chi connectivity index (χ0) is 13.8. The number of primary amides is 1. The summed E-state index contributed by atoms with van der Waals surface area (Å²) in [5.74, 6) is -0.488. The van der Waals surface area contributed by atoms with E-state index in [1.807, 2.05) is 6.07 Å². The second-order valence-electron chi connectivity index (χ2n) is 3.84. The summed E-state index contributed by atoms with van der Waals surface area (Å²) in [4.78, 5) is 11.1. The lowest BCUT2D eigenvalue weighted by atomic mass is 10.1. The molecule has 0 saturated heterocycles. The zero-order valence-corrected chi connectivity index (χ0v) is 11.4. The summed E-state index contributed by atoms with van der Waals surface area (Å²) in [7, 11) is 0. The molecule has 2 aromatic rings. The lowest BCUT2D eigenvalue weighted by molar-refractivity contribution is 0.100. The largest absolute Gasteiger partial charge is 0.366 e. The molecule has 0 unspecified atom stereocenters. The normalized spacial score (nSPS) is 9.68. The molecule has 2 aromatic carbocycles. The Labute approximate surface area is 119 Å². The maximum Gasteiger partial charge on any atom is 0.248 e. The molecular weight excluding hydrogens is 306 g/mol. The zero-order valence-electron chi connectivity index (χ0n) is 9.85. The smallest absolute Gasteiger partial charge is 0.248 e. The van der Waals surface area contributed by atoms with E-state index in [2.05, 4.69) is 27.3 Å². The Kier molecular flexibility index (Phi) is 3.83. The average molecular weight is 316 g/mol. The van der Waals surface area contributed by atoms with Crippen LogP contribution in [0.3, 0.4) is 0 Å². The van der Waals surface area contributed by atoms with Gasteiger partial charge >= 0.3 is 0 Å². The summed E-state index contributed by atoms with van der Waals surface area (Å²) in [6.45, 7) is 0. The summed E-state index contributed by atoms with van der Waals surface area (Å²) in [5, 5.41) is 12.2. The van der Waals surface area contributed by atoms with Crippen LogP contribution >= 0.6 is 15.9 Å². The Hall–Kier alpha value is -2.32. The molecular formula is C14H10BrN3O. The molecule has 0 aliphatic carbocycles. The first-order valence-electron chi connectivity index (χ1n) is 5.47. The van der Waals surface area contributed by atoms with Crippen LogP contribution in [0.15, 0.2) is 46.9 Å². The van der Waals surface area contributed by atoms with Gasteiger partial charge in [0.2, 0.25) is 5.91 Å².